The van der Waals surface area contributed by atoms with E-state index in [2.05, 4.69) is 13.0 Å². The molecule has 0 aromatic heterocycles. The molecular weight excluding hydrogens is 226 g/mol. The standard InChI is InChI=1S/C15H29NO2/c1-3-4-5-6-8-11-14(18-2)12-9-7-10-13-15(16)17/h7,9,14H,3-6,8,10-13H2,1-2H3,(H2,16,17)/b9-7+/t14-/m1/s1. The number of hydrogen-bond donors (Lipinski definition) is 1. The molecule has 3 nitrogen and oxygen atoms in total. The summed E-state index contributed by atoms with van der Waals surface area (Å²) in [6.07, 6.45) is 14.2. The number of carbonyl (C=O) groups excluding carboxylic acids is 1. The highest BCUT2D eigenvalue weighted by Crippen LogP contribution is 2.12. The fraction of sp³-hybridized carbons (Fsp3) is 0.800. The lowest BCUT2D eigenvalue weighted by atomic mass is 10.1. The van der Waals surface area contributed by atoms with E-state index >= 15 is 0 Å². The molecule has 0 aromatic rings. The van der Waals surface area contributed by atoms with Crippen LogP contribution in [0.5, 0.6) is 0 Å². The Hall–Kier alpha value is -0.830. The van der Waals surface area contributed by atoms with Crippen molar-refractivity contribution in [2.24, 2.45) is 5.73 Å². The van der Waals surface area contributed by atoms with Gasteiger partial charge in [-0.2, -0.15) is 0 Å². The average Bonchev–Trinajstić information content (AvgIpc) is 2.35. The quantitative estimate of drug-likeness (QED) is 0.428. The van der Waals surface area contributed by atoms with Crippen LogP contribution in [0.15, 0.2) is 12.2 Å². The van der Waals surface area contributed by atoms with E-state index in [0.29, 0.717) is 12.5 Å². The van der Waals surface area contributed by atoms with Gasteiger partial charge in [0.1, 0.15) is 0 Å². The van der Waals surface area contributed by atoms with Crippen LogP contribution in [0.2, 0.25) is 0 Å². The van der Waals surface area contributed by atoms with E-state index in [9.17, 15) is 4.79 Å². The average molecular weight is 255 g/mol. The van der Waals surface area contributed by atoms with Crippen LogP contribution in [0.3, 0.4) is 0 Å². The van der Waals surface area contributed by atoms with E-state index in [0.717, 1.165) is 19.3 Å². The smallest absolute Gasteiger partial charge is 0.217 e. The zero-order chi connectivity index (χ0) is 13.6. The largest absolute Gasteiger partial charge is 0.381 e. The Labute approximate surface area is 112 Å². The van der Waals surface area contributed by atoms with Crippen LogP contribution >= 0.6 is 0 Å². The lowest BCUT2D eigenvalue weighted by Crippen LogP contribution is -2.10. The van der Waals surface area contributed by atoms with Gasteiger partial charge in [0.05, 0.1) is 6.10 Å². The van der Waals surface area contributed by atoms with Crippen molar-refractivity contribution in [1.29, 1.82) is 0 Å². The van der Waals surface area contributed by atoms with Gasteiger partial charge in [0.25, 0.3) is 0 Å². The number of allylic oxidation sites excluding steroid dienone is 1. The molecule has 0 aliphatic rings. The van der Waals surface area contributed by atoms with Gasteiger partial charge < -0.3 is 10.5 Å². The van der Waals surface area contributed by atoms with Crippen LogP contribution in [0, 0.1) is 0 Å². The number of unbranched alkanes of at least 4 members (excludes halogenated alkanes) is 4. The fourth-order valence-electron chi connectivity index (χ4n) is 1.90. The van der Waals surface area contributed by atoms with Crippen LogP contribution in [0.1, 0.15) is 64.7 Å². The normalized spacial score (nSPS) is 13.0. The number of primary amides is 1. The Bertz CT molecular complexity index is 227. The minimum atomic E-state index is -0.237. The van der Waals surface area contributed by atoms with Crippen molar-refractivity contribution < 1.29 is 9.53 Å². The van der Waals surface area contributed by atoms with Crippen LogP contribution in [0.4, 0.5) is 0 Å². The first-order valence-electron chi connectivity index (χ1n) is 7.16. The van der Waals surface area contributed by atoms with Crippen molar-refractivity contribution in [1.82, 2.24) is 0 Å². The van der Waals surface area contributed by atoms with Crippen LogP contribution in [-0.4, -0.2) is 19.1 Å². The molecule has 3 heteroatoms. The molecule has 0 saturated heterocycles. The van der Waals surface area contributed by atoms with Gasteiger partial charge >= 0.3 is 0 Å². The Kier molecular flexibility index (Phi) is 12.0. The monoisotopic (exact) mass is 255 g/mol. The molecule has 0 unspecified atom stereocenters. The van der Waals surface area contributed by atoms with Gasteiger partial charge in [-0.15, -0.1) is 0 Å². The second kappa shape index (κ2) is 12.6. The molecule has 2 N–H and O–H groups in total. The van der Waals surface area contributed by atoms with Crippen molar-refractivity contribution in [2.75, 3.05) is 7.11 Å². The molecule has 0 spiro atoms. The molecule has 0 fully saturated rings. The number of amides is 1. The highest BCUT2D eigenvalue weighted by molar-refractivity contribution is 5.73. The summed E-state index contributed by atoms with van der Waals surface area (Å²) in [6.45, 7) is 2.23. The Morgan fingerprint density at radius 3 is 2.56 bits per heavy atom. The van der Waals surface area contributed by atoms with E-state index in [-0.39, 0.29) is 5.91 Å². The maximum atomic E-state index is 10.5. The summed E-state index contributed by atoms with van der Waals surface area (Å²) in [6, 6.07) is 0. The van der Waals surface area contributed by atoms with Gasteiger partial charge in [-0.25, -0.2) is 0 Å². The van der Waals surface area contributed by atoms with E-state index in [1.54, 1.807) is 7.11 Å². The summed E-state index contributed by atoms with van der Waals surface area (Å²) in [5, 5.41) is 0. The molecule has 0 bridgehead atoms. The Morgan fingerprint density at radius 2 is 1.94 bits per heavy atom. The topological polar surface area (TPSA) is 52.3 Å². The molecule has 0 heterocycles. The second-order valence-corrected chi connectivity index (χ2v) is 4.77. The molecule has 1 amide bonds. The lowest BCUT2D eigenvalue weighted by Gasteiger charge is -2.12. The number of rotatable bonds is 12. The minimum Gasteiger partial charge on any atom is -0.381 e. The zero-order valence-corrected chi connectivity index (χ0v) is 12.0. The Balaban J connectivity index is 3.54. The first-order valence-corrected chi connectivity index (χ1v) is 7.16. The fourth-order valence-corrected chi connectivity index (χ4v) is 1.90. The number of methoxy groups -OCH3 is 1. The summed E-state index contributed by atoms with van der Waals surface area (Å²) >= 11 is 0. The predicted molar refractivity (Wildman–Crippen MR) is 76.4 cm³/mol. The van der Waals surface area contributed by atoms with Gasteiger partial charge in [0, 0.05) is 13.5 Å². The molecule has 106 valence electrons. The molecule has 18 heavy (non-hydrogen) atoms. The lowest BCUT2D eigenvalue weighted by molar-refractivity contribution is -0.117. The third kappa shape index (κ3) is 11.6. The number of carbonyl (C=O) groups is 1. The third-order valence-electron chi connectivity index (χ3n) is 3.09. The molecular formula is C15H29NO2. The van der Waals surface area contributed by atoms with Crippen molar-refractivity contribution in [3.8, 4) is 0 Å². The van der Waals surface area contributed by atoms with Gasteiger partial charge in [-0.3, -0.25) is 4.79 Å². The number of ether oxygens (including phenoxy) is 1. The van der Waals surface area contributed by atoms with E-state index in [1.807, 2.05) is 6.08 Å². The predicted octanol–water partition coefficient (Wildman–Crippen LogP) is 3.57. The van der Waals surface area contributed by atoms with E-state index in [1.165, 1.54) is 32.1 Å². The first-order chi connectivity index (χ1) is 8.70. The van der Waals surface area contributed by atoms with Gasteiger partial charge in [-0.1, -0.05) is 51.2 Å². The van der Waals surface area contributed by atoms with Crippen molar-refractivity contribution in [2.45, 2.75) is 70.8 Å². The summed E-state index contributed by atoms with van der Waals surface area (Å²) in [7, 11) is 1.77. The molecule has 1 atom stereocenters. The zero-order valence-electron chi connectivity index (χ0n) is 12.0. The SMILES string of the molecule is CCCCCCC[C@H](C/C=C/CCC(N)=O)OC. The van der Waals surface area contributed by atoms with Crippen LogP contribution < -0.4 is 5.73 Å². The Morgan fingerprint density at radius 1 is 1.22 bits per heavy atom. The first kappa shape index (κ1) is 17.2. The van der Waals surface area contributed by atoms with Crippen molar-refractivity contribution in [3.63, 3.8) is 0 Å². The molecule has 0 aliphatic carbocycles. The maximum absolute atomic E-state index is 10.5. The highest BCUT2D eigenvalue weighted by Gasteiger charge is 2.04. The van der Waals surface area contributed by atoms with E-state index < -0.39 is 0 Å². The third-order valence-corrected chi connectivity index (χ3v) is 3.09. The van der Waals surface area contributed by atoms with Crippen molar-refractivity contribution >= 4 is 5.91 Å². The van der Waals surface area contributed by atoms with Crippen LogP contribution in [-0.2, 0) is 9.53 Å². The molecule has 0 aromatic carbocycles. The van der Waals surface area contributed by atoms with Crippen molar-refractivity contribution in [3.05, 3.63) is 12.2 Å². The number of hydrogen-bond acceptors (Lipinski definition) is 2. The minimum absolute atomic E-state index is 0.237. The van der Waals surface area contributed by atoms with Gasteiger partial charge in [-0.05, 0) is 19.3 Å². The summed E-state index contributed by atoms with van der Waals surface area (Å²) in [5.74, 6) is -0.237. The summed E-state index contributed by atoms with van der Waals surface area (Å²) in [4.78, 5) is 10.5. The summed E-state index contributed by atoms with van der Waals surface area (Å²) < 4.78 is 5.44. The van der Waals surface area contributed by atoms with E-state index in [4.69, 9.17) is 10.5 Å². The van der Waals surface area contributed by atoms with Crippen LogP contribution in [0.25, 0.3) is 0 Å². The van der Waals surface area contributed by atoms with Gasteiger partial charge in [0.15, 0.2) is 0 Å². The maximum Gasteiger partial charge on any atom is 0.217 e. The highest BCUT2D eigenvalue weighted by atomic mass is 16.5. The molecule has 0 aliphatic heterocycles. The molecule has 0 rings (SSSR count). The number of nitrogens with two attached hydrogens (primary N) is 1. The van der Waals surface area contributed by atoms with Gasteiger partial charge in [0.2, 0.25) is 5.91 Å². The molecule has 0 saturated carbocycles. The molecule has 0 radical (unpaired) electrons. The summed E-state index contributed by atoms with van der Waals surface area (Å²) in [5.41, 5.74) is 5.07. The second-order valence-electron chi connectivity index (χ2n) is 4.77.